The Morgan fingerprint density at radius 3 is 1.61 bits per heavy atom. The van der Waals surface area contributed by atoms with Crippen LogP contribution >= 0.6 is 15.9 Å². The minimum absolute atomic E-state index is 0.692. The van der Waals surface area contributed by atoms with Gasteiger partial charge in [-0.15, -0.1) is 5.10 Å². The van der Waals surface area contributed by atoms with E-state index in [-0.39, 0.29) is 0 Å². The molecular formula is C26H19BrN4. The van der Waals surface area contributed by atoms with Crippen molar-refractivity contribution in [2.24, 2.45) is 0 Å². The molecule has 0 aliphatic carbocycles. The summed E-state index contributed by atoms with van der Waals surface area (Å²) in [4.78, 5) is 0. The Morgan fingerprint density at radius 2 is 1.13 bits per heavy atom. The van der Waals surface area contributed by atoms with Crippen molar-refractivity contribution in [3.8, 4) is 11.4 Å². The van der Waals surface area contributed by atoms with Crippen molar-refractivity contribution in [3.05, 3.63) is 136 Å². The van der Waals surface area contributed by atoms with E-state index in [9.17, 15) is 0 Å². The Kier molecular flexibility index (Phi) is 5.18. The van der Waals surface area contributed by atoms with E-state index in [1.807, 2.05) is 47.1 Å². The zero-order valence-corrected chi connectivity index (χ0v) is 18.2. The predicted octanol–water partition coefficient (Wildman–Crippen LogP) is 5.94. The number of benzene rings is 4. The topological polar surface area (TPSA) is 43.6 Å². The fourth-order valence-corrected chi connectivity index (χ4v) is 4.52. The van der Waals surface area contributed by atoms with Gasteiger partial charge in [0.2, 0.25) is 0 Å². The van der Waals surface area contributed by atoms with Gasteiger partial charge >= 0.3 is 0 Å². The fraction of sp³-hybridized carbons (Fsp3) is 0.0385. The summed E-state index contributed by atoms with van der Waals surface area (Å²) in [6.45, 7) is 0. The number of aromatic nitrogens is 4. The van der Waals surface area contributed by atoms with Gasteiger partial charge in [0.25, 0.3) is 0 Å². The maximum Gasteiger partial charge on any atom is 0.183 e. The second-order valence-electron chi connectivity index (χ2n) is 7.23. The normalized spacial score (nSPS) is 11.4. The molecule has 0 spiro atoms. The van der Waals surface area contributed by atoms with Crippen molar-refractivity contribution >= 4 is 15.9 Å². The molecule has 1 aromatic heterocycles. The molecule has 1 heterocycles. The van der Waals surface area contributed by atoms with E-state index < -0.39 is 5.54 Å². The van der Waals surface area contributed by atoms with Crippen LogP contribution in [-0.2, 0) is 5.54 Å². The van der Waals surface area contributed by atoms with Gasteiger partial charge < -0.3 is 0 Å². The van der Waals surface area contributed by atoms with Crippen LogP contribution in [0.4, 0.5) is 0 Å². The second-order valence-corrected chi connectivity index (χ2v) is 8.15. The van der Waals surface area contributed by atoms with Gasteiger partial charge in [-0.3, -0.25) is 0 Å². The lowest BCUT2D eigenvalue weighted by Gasteiger charge is -2.36. The van der Waals surface area contributed by atoms with Crippen molar-refractivity contribution in [2.75, 3.05) is 0 Å². The molecule has 0 aliphatic heterocycles. The van der Waals surface area contributed by atoms with Crippen molar-refractivity contribution in [2.45, 2.75) is 5.54 Å². The smallest absolute Gasteiger partial charge is 0.183 e. The summed E-state index contributed by atoms with van der Waals surface area (Å²) in [6, 6.07) is 39.2. The molecule has 0 saturated carbocycles. The molecule has 0 fully saturated rings. The zero-order valence-electron chi connectivity index (χ0n) is 16.6. The van der Waals surface area contributed by atoms with Gasteiger partial charge in [-0.2, -0.15) is 0 Å². The Balaban J connectivity index is 1.90. The molecular weight excluding hydrogens is 448 g/mol. The maximum absolute atomic E-state index is 4.56. The number of halogens is 1. The van der Waals surface area contributed by atoms with Crippen LogP contribution in [0.25, 0.3) is 11.4 Å². The molecule has 0 unspecified atom stereocenters. The molecule has 5 aromatic rings. The molecule has 4 nitrogen and oxygen atoms in total. The van der Waals surface area contributed by atoms with E-state index in [2.05, 4.69) is 104 Å². The largest absolute Gasteiger partial charge is 0.206 e. The van der Waals surface area contributed by atoms with Crippen LogP contribution in [-0.4, -0.2) is 20.2 Å². The summed E-state index contributed by atoms with van der Waals surface area (Å²) in [7, 11) is 0. The van der Waals surface area contributed by atoms with E-state index in [0.717, 1.165) is 26.7 Å². The van der Waals surface area contributed by atoms with Crippen molar-refractivity contribution < 1.29 is 0 Å². The summed E-state index contributed by atoms with van der Waals surface area (Å²) in [6.07, 6.45) is 0. The highest BCUT2D eigenvalue weighted by atomic mass is 79.9. The Hall–Kier alpha value is -3.57. The number of tetrazole rings is 1. The van der Waals surface area contributed by atoms with Gasteiger partial charge in [0.05, 0.1) is 0 Å². The molecule has 0 radical (unpaired) electrons. The molecule has 5 heteroatoms. The average Bonchev–Trinajstić information content (AvgIpc) is 3.32. The Bertz CT molecular complexity index is 1190. The molecule has 0 amide bonds. The third-order valence-corrected chi connectivity index (χ3v) is 5.94. The van der Waals surface area contributed by atoms with E-state index in [1.54, 1.807) is 0 Å². The summed E-state index contributed by atoms with van der Waals surface area (Å²) in [5.41, 5.74) is 3.43. The zero-order chi connectivity index (χ0) is 21.1. The molecule has 31 heavy (non-hydrogen) atoms. The van der Waals surface area contributed by atoms with E-state index in [4.69, 9.17) is 0 Å². The highest BCUT2D eigenvalue weighted by Crippen LogP contribution is 2.42. The number of nitrogens with zero attached hydrogens (tertiary/aromatic N) is 4. The second kappa shape index (κ2) is 8.28. The Labute approximate surface area is 189 Å². The van der Waals surface area contributed by atoms with Gasteiger partial charge in [-0.25, -0.2) is 4.68 Å². The first-order valence-electron chi connectivity index (χ1n) is 10.0. The number of hydrogen-bond acceptors (Lipinski definition) is 3. The van der Waals surface area contributed by atoms with Crippen LogP contribution < -0.4 is 0 Å². The standard InChI is InChI=1S/C26H19BrN4/c27-24-18-10-11-20(19-24)25-28-29-30-31(25)26(21-12-4-1-5-13-21,22-14-6-2-7-15-22)23-16-8-3-9-17-23/h1-19H. The third kappa shape index (κ3) is 3.37. The molecule has 0 N–H and O–H groups in total. The first-order chi connectivity index (χ1) is 15.3. The molecule has 5 rings (SSSR count). The van der Waals surface area contributed by atoms with Gasteiger partial charge in [-0.05, 0) is 39.2 Å². The van der Waals surface area contributed by atoms with Crippen molar-refractivity contribution in [1.29, 1.82) is 0 Å². The lowest BCUT2D eigenvalue weighted by Crippen LogP contribution is -2.39. The minimum Gasteiger partial charge on any atom is -0.206 e. The first kappa shape index (κ1) is 19.4. The van der Waals surface area contributed by atoms with Crippen LogP contribution in [0.5, 0.6) is 0 Å². The molecule has 0 bridgehead atoms. The summed E-state index contributed by atoms with van der Waals surface area (Å²) < 4.78 is 2.92. The van der Waals surface area contributed by atoms with Crippen LogP contribution in [0.1, 0.15) is 16.7 Å². The maximum atomic E-state index is 4.56. The molecule has 0 aliphatic rings. The van der Waals surface area contributed by atoms with Gasteiger partial charge in [0, 0.05) is 10.0 Å². The molecule has 0 atom stereocenters. The highest BCUT2D eigenvalue weighted by molar-refractivity contribution is 9.10. The third-order valence-electron chi connectivity index (χ3n) is 5.44. The van der Waals surface area contributed by atoms with E-state index in [1.165, 1.54) is 0 Å². The van der Waals surface area contributed by atoms with Crippen LogP contribution in [0.3, 0.4) is 0 Å². The summed E-state index contributed by atoms with van der Waals surface area (Å²) in [5.74, 6) is 0.692. The monoisotopic (exact) mass is 466 g/mol. The average molecular weight is 467 g/mol. The quantitative estimate of drug-likeness (QED) is 0.301. The van der Waals surface area contributed by atoms with Crippen LogP contribution in [0.15, 0.2) is 120 Å². The van der Waals surface area contributed by atoms with Gasteiger partial charge in [0.1, 0.15) is 5.54 Å². The highest BCUT2D eigenvalue weighted by Gasteiger charge is 2.41. The van der Waals surface area contributed by atoms with Gasteiger partial charge in [0.15, 0.2) is 5.82 Å². The van der Waals surface area contributed by atoms with Crippen LogP contribution in [0, 0.1) is 0 Å². The van der Waals surface area contributed by atoms with Crippen molar-refractivity contribution in [3.63, 3.8) is 0 Å². The fourth-order valence-electron chi connectivity index (χ4n) is 4.13. The molecule has 150 valence electrons. The Morgan fingerprint density at radius 1 is 0.613 bits per heavy atom. The summed E-state index contributed by atoms with van der Waals surface area (Å²) >= 11 is 3.58. The lowest BCUT2D eigenvalue weighted by molar-refractivity contribution is 0.451. The predicted molar refractivity (Wildman–Crippen MR) is 126 cm³/mol. The van der Waals surface area contributed by atoms with E-state index >= 15 is 0 Å². The summed E-state index contributed by atoms with van der Waals surface area (Å²) in [5, 5.41) is 13.1. The minimum atomic E-state index is -0.745. The van der Waals surface area contributed by atoms with Gasteiger partial charge in [-0.1, -0.05) is 119 Å². The van der Waals surface area contributed by atoms with E-state index in [0.29, 0.717) is 5.82 Å². The van der Waals surface area contributed by atoms with Crippen molar-refractivity contribution in [1.82, 2.24) is 20.2 Å². The van der Waals surface area contributed by atoms with Crippen LogP contribution in [0.2, 0.25) is 0 Å². The lowest BCUT2D eigenvalue weighted by atomic mass is 9.77. The molecule has 0 saturated heterocycles. The number of rotatable bonds is 5. The SMILES string of the molecule is Brc1cccc(-c2nnnn2C(c2ccccc2)(c2ccccc2)c2ccccc2)c1. The number of hydrogen-bond donors (Lipinski definition) is 0. The first-order valence-corrected chi connectivity index (χ1v) is 10.8. The molecule has 4 aromatic carbocycles.